The Morgan fingerprint density at radius 3 is 2.62 bits per heavy atom. The highest BCUT2D eigenvalue weighted by Gasteiger charge is 2.22. The number of likely N-dealkylation sites (tertiary alicyclic amines) is 1. The van der Waals surface area contributed by atoms with Crippen LogP contribution in [0.2, 0.25) is 0 Å². The molecule has 0 atom stereocenters. The van der Waals surface area contributed by atoms with Crippen molar-refractivity contribution in [2.24, 2.45) is 4.99 Å². The maximum absolute atomic E-state index is 5.83. The van der Waals surface area contributed by atoms with Gasteiger partial charge in [0.1, 0.15) is 12.3 Å². The summed E-state index contributed by atoms with van der Waals surface area (Å²) in [5.41, 5.74) is -0.0272. The number of aliphatic imine (C=N–C) groups is 1. The van der Waals surface area contributed by atoms with Crippen molar-refractivity contribution < 1.29 is 9.15 Å². The smallest absolute Gasteiger partial charge is 0.216 e. The third kappa shape index (κ3) is 5.23. The Bertz CT molecular complexity index is 525. The van der Waals surface area contributed by atoms with Crippen molar-refractivity contribution >= 4 is 5.96 Å². The first-order valence-electron chi connectivity index (χ1n) is 9.04. The fraction of sp³-hybridized carbons (Fsp3) is 0.778. The zero-order valence-electron chi connectivity index (χ0n) is 15.8. The topological polar surface area (TPSA) is 62.9 Å². The number of piperidine rings is 1. The maximum atomic E-state index is 5.83. The summed E-state index contributed by atoms with van der Waals surface area (Å²) in [6, 6.07) is 0. The minimum atomic E-state index is -0.0272. The Morgan fingerprint density at radius 2 is 2.08 bits per heavy atom. The number of hydrogen-bond acceptors (Lipinski definition) is 4. The third-order valence-electron chi connectivity index (χ3n) is 4.14. The molecule has 0 aromatic carbocycles. The zero-order chi connectivity index (χ0) is 17.6. The molecule has 0 bridgehead atoms. The minimum Gasteiger partial charge on any atom is -0.443 e. The van der Waals surface area contributed by atoms with E-state index in [1.165, 1.54) is 0 Å². The van der Waals surface area contributed by atoms with Gasteiger partial charge >= 0.3 is 0 Å². The molecule has 1 N–H and O–H groups in total. The van der Waals surface area contributed by atoms with Crippen LogP contribution in [0, 0.1) is 0 Å². The quantitative estimate of drug-likeness (QED) is 0.662. The van der Waals surface area contributed by atoms with E-state index in [9.17, 15) is 0 Å². The number of oxazole rings is 1. The van der Waals surface area contributed by atoms with Gasteiger partial charge < -0.3 is 19.4 Å². The molecular weight excluding hydrogens is 304 g/mol. The summed E-state index contributed by atoms with van der Waals surface area (Å²) in [6.07, 6.45) is 4.29. The van der Waals surface area contributed by atoms with Crippen LogP contribution in [0.15, 0.2) is 15.6 Å². The van der Waals surface area contributed by atoms with Crippen molar-refractivity contribution in [1.82, 2.24) is 15.2 Å². The molecule has 1 saturated heterocycles. The van der Waals surface area contributed by atoms with Gasteiger partial charge in [-0.2, -0.15) is 0 Å². The monoisotopic (exact) mass is 336 g/mol. The summed E-state index contributed by atoms with van der Waals surface area (Å²) in [5, 5.41) is 3.37. The van der Waals surface area contributed by atoms with Crippen LogP contribution in [0.5, 0.6) is 0 Å². The van der Waals surface area contributed by atoms with E-state index in [-0.39, 0.29) is 5.41 Å². The van der Waals surface area contributed by atoms with Crippen LogP contribution in [0.3, 0.4) is 0 Å². The summed E-state index contributed by atoms with van der Waals surface area (Å²) in [7, 11) is 0. The van der Waals surface area contributed by atoms with Gasteiger partial charge in [0.15, 0.2) is 5.96 Å². The average Bonchev–Trinajstić information content (AvgIpc) is 3.02. The predicted molar refractivity (Wildman–Crippen MR) is 96.2 cm³/mol. The Kier molecular flexibility index (Phi) is 6.66. The van der Waals surface area contributed by atoms with Crippen molar-refractivity contribution in [3.63, 3.8) is 0 Å². The molecule has 6 heteroatoms. The van der Waals surface area contributed by atoms with Crippen LogP contribution < -0.4 is 5.32 Å². The van der Waals surface area contributed by atoms with Crippen molar-refractivity contribution in [3.05, 3.63) is 17.8 Å². The molecule has 1 aliphatic rings. The molecule has 0 radical (unpaired) electrons. The summed E-state index contributed by atoms with van der Waals surface area (Å²) < 4.78 is 11.6. The first kappa shape index (κ1) is 18.8. The first-order chi connectivity index (χ1) is 11.4. The Hall–Kier alpha value is -1.56. The summed E-state index contributed by atoms with van der Waals surface area (Å²) in [4.78, 5) is 11.4. The molecule has 1 aromatic heterocycles. The van der Waals surface area contributed by atoms with E-state index < -0.39 is 0 Å². The standard InChI is InChI=1S/C18H32N4O2/c1-6-19-17(22-10-8-14(9-11-22)23-7-2)21-13-16-20-12-15(24-16)18(3,4)5/h12,14H,6-11,13H2,1-5H3,(H,19,21). The van der Waals surface area contributed by atoms with Gasteiger partial charge in [-0.05, 0) is 26.7 Å². The van der Waals surface area contributed by atoms with Crippen LogP contribution in [0.25, 0.3) is 0 Å². The van der Waals surface area contributed by atoms with Gasteiger partial charge in [0, 0.05) is 31.7 Å². The molecule has 0 spiro atoms. The van der Waals surface area contributed by atoms with E-state index in [1.54, 1.807) is 0 Å². The predicted octanol–water partition coefficient (Wildman–Crippen LogP) is 2.94. The molecular formula is C18H32N4O2. The SMILES string of the molecule is CCNC(=NCc1ncc(C(C)(C)C)o1)N1CCC(OCC)CC1. The summed E-state index contributed by atoms with van der Waals surface area (Å²) >= 11 is 0. The van der Waals surface area contributed by atoms with E-state index in [0.717, 1.165) is 50.8 Å². The van der Waals surface area contributed by atoms with E-state index >= 15 is 0 Å². The van der Waals surface area contributed by atoms with Gasteiger partial charge in [0.2, 0.25) is 5.89 Å². The number of nitrogens with one attached hydrogen (secondary N) is 1. The van der Waals surface area contributed by atoms with Crippen molar-refractivity contribution in [3.8, 4) is 0 Å². The van der Waals surface area contributed by atoms with Crippen LogP contribution in [-0.2, 0) is 16.7 Å². The number of nitrogens with zero attached hydrogens (tertiary/aromatic N) is 3. The molecule has 0 saturated carbocycles. The van der Waals surface area contributed by atoms with E-state index in [4.69, 9.17) is 14.1 Å². The average molecular weight is 336 g/mol. The lowest BCUT2D eigenvalue weighted by molar-refractivity contribution is 0.0263. The number of guanidine groups is 1. The lowest BCUT2D eigenvalue weighted by Gasteiger charge is -2.34. The first-order valence-corrected chi connectivity index (χ1v) is 9.04. The lowest BCUT2D eigenvalue weighted by Crippen LogP contribution is -2.47. The second-order valence-electron chi connectivity index (χ2n) is 7.18. The van der Waals surface area contributed by atoms with Gasteiger partial charge in [-0.25, -0.2) is 9.98 Å². The largest absolute Gasteiger partial charge is 0.443 e. The molecule has 2 rings (SSSR count). The second-order valence-corrected chi connectivity index (χ2v) is 7.18. The van der Waals surface area contributed by atoms with Crippen molar-refractivity contribution in [1.29, 1.82) is 0 Å². The zero-order valence-corrected chi connectivity index (χ0v) is 15.8. The highest BCUT2D eigenvalue weighted by Crippen LogP contribution is 2.23. The number of aromatic nitrogens is 1. The highest BCUT2D eigenvalue weighted by atomic mass is 16.5. The van der Waals surface area contributed by atoms with Crippen LogP contribution >= 0.6 is 0 Å². The Morgan fingerprint density at radius 1 is 1.38 bits per heavy atom. The number of hydrogen-bond donors (Lipinski definition) is 1. The van der Waals surface area contributed by atoms with Gasteiger partial charge in [0.25, 0.3) is 0 Å². The van der Waals surface area contributed by atoms with Crippen LogP contribution in [-0.4, -0.2) is 48.2 Å². The molecule has 6 nitrogen and oxygen atoms in total. The number of rotatable bonds is 5. The van der Waals surface area contributed by atoms with E-state index in [0.29, 0.717) is 18.5 Å². The molecule has 0 amide bonds. The fourth-order valence-corrected chi connectivity index (χ4v) is 2.77. The normalized spacial score (nSPS) is 17.4. The molecule has 24 heavy (non-hydrogen) atoms. The van der Waals surface area contributed by atoms with Crippen molar-refractivity contribution in [2.75, 3.05) is 26.2 Å². The third-order valence-corrected chi connectivity index (χ3v) is 4.14. The number of ether oxygens (including phenoxy) is 1. The Labute approximate surface area is 145 Å². The Balaban J connectivity index is 1.97. The van der Waals surface area contributed by atoms with Crippen molar-refractivity contribution in [2.45, 2.75) is 65.5 Å². The fourth-order valence-electron chi connectivity index (χ4n) is 2.77. The molecule has 1 aromatic rings. The summed E-state index contributed by atoms with van der Waals surface area (Å²) in [6.45, 7) is 14.5. The molecule has 0 aliphatic carbocycles. The van der Waals surface area contributed by atoms with Crippen LogP contribution in [0.4, 0.5) is 0 Å². The molecule has 2 heterocycles. The maximum Gasteiger partial charge on any atom is 0.216 e. The second kappa shape index (κ2) is 8.51. The highest BCUT2D eigenvalue weighted by molar-refractivity contribution is 5.80. The van der Waals surface area contributed by atoms with Crippen LogP contribution in [0.1, 0.15) is 59.1 Å². The van der Waals surface area contributed by atoms with Gasteiger partial charge in [-0.15, -0.1) is 0 Å². The van der Waals surface area contributed by atoms with E-state index in [2.05, 4.69) is 49.8 Å². The molecule has 1 aliphatic heterocycles. The van der Waals surface area contributed by atoms with E-state index in [1.807, 2.05) is 6.20 Å². The van der Waals surface area contributed by atoms with Gasteiger partial charge in [-0.1, -0.05) is 20.8 Å². The van der Waals surface area contributed by atoms with Gasteiger partial charge in [-0.3, -0.25) is 0 Å². The summed E-state index contributed by atoms with van der Waals surface area (Å²) in [5.74, 6) is 2.50. The molecule has 136 valence electrons. The minimum absolute atomic E-state index is 0.0272. The lowest BCUT2D eigenvalue weighted by atomic mass is 9.94. The molecule has 0 unspecified atom stereocenters. The van der Waals surface area contributed by atoms with Gasteiger partial charge in [0.05, 0.1) is 12.3 Å². The molecule has 1 fully saturated rings.